The van der Waals surface area contributed by atoms with E-state index < -0.39 is 23.8 Å². The van der Waals surface area contributed by atoms with E-state index >= 15 is 0 Å². The fraction of sp³-hybridized carbons (Fsp3) is 0.273. The second-order valence-electron chi connectivity index (χ2n) is 7.15. The molecule has 0 aromatic heterocycles. The number of carboxylic acids is 1. The van der Waals surface area contributed by atoms with Crippen molar-refractivity contribution >= 4 is 35.1 Å². The van der Waals surface area contributed by atoms with Crippen LogP contribution >= 0.6 is 0 Å². The number of benzene rings is 2. The van der Waals surface area contributed by atoms with Crippen molar-refractivity contribution in [3.63, 3.8) is 0 Å². The summed E-state index contributed by atoms with van der Waals surface area (Å²) in [5.41, 5.74) is 8.87. The minimum atomic E-state index is -1.25. The van der Waals surface area contributed by atoms with E-state index in [0.717, 1.165) is 11.3 Å². The van der Waals surface area contributed by atoms with E-state index in [1.165, 1.54) is 17.7 Å². The number of rotatable bonds is 10. The zero-order valence-electron chi connectivity index (χ0n) is 17.4. The van der Waals surface area contributed by atoms with Gasteiger partial charge in [-0.2, -0.15) is 0 Å². The maximum atomic E-state index is 12.3. The van der Waals surface area contributed by atoms with Crippen LogP contribution in [0.1, 0.15) is 34.3 Å². The predicted molar refractivity (Wildman–Crippen MR) is 117 cm³/mol. The van der Waals surface area contributed by atoms with Gasteiger partial charge in [-0.05, 0) is 67.8 Å². The highest BCUT2D eigenvalue weighted by Gasteiger charge is 2.21. The van der Waals surface area contributed by atoms with Crippen molar-refractivity contribution in [2.45, 2.75) is 32.7 Å². The van der Waals surface area contributed by atoms with Gasteiger partial charge >= 0.3 is 5.97 Å². The van der Waals surface area contributed by atoms with Gasteiger partial charge in [0.1, 0.15) is 6.04 Å². The zero-order valence-corrected chi connectivity index (χ0v) is 17.4. The van der Waals surface area contributed by atoms with Crippen molar-refractivity contribution in [2.24, 2.45) is 5.73 Å². The third-order valence-corrected chi connectivity index (χ3v) is 4.67. The van der Waals surface area contributed by atoms with Crippen LogP contribution in [0.5, 0.6) is 0 Å². The number of primary amides is 1. The second-order valence-corrected chi connectivity index (χ2v) is 7.15. The van der Waals surface area contributed by atoms with Crippen LogP contribution in [0.2, 0.25) is 0 Å². The number of anilines is 2. The molecule has 0 aliphatic heterocycles. The SMILES string of the molecule is Cc1ccc(NCC(=O)Nc2ccc(C(=O)NC(CCC(N)=O)C(=O)O)cc2)cc1C. The summed E-state index contributed by atoms with van der Waals surface area (Å²) in [5, 5.41) is 17.3. The summed E-state index contributed by atoms with van der Waals surface area (Å²) in [6, 6.07) is 10.6. The Kier molecular flexibility index (Phi) is 8.13. The van der Waals surface area contributed by atoms with E-state index in [-0.39, 0.29) is 30.9 Å². The van der Waals surface area contributed by atoms with Crippen LogP contribution in [0.25, 0.3) is 0 Å². The van der Waals surface area contributed by atoms with E-state index in [0.29, 0.717) is 5.69 Å². The van der Waals surface area contributed by atoms with Crippen LogP contribution < -0.4 is 21.7 Å². The average Bonchev–Trinajstić information content (AvgIpc) is 2.72. The van der Waals surface area contributed by atoms with E-state index in [1.807, 2.05) is 32.0 Å². The molecule has 1 unspecified atom stereocenters. The van der Waals surface area contributed by atoms with E-state index in [1.54, 1.807) is 12.1 Å². The second kappa shape index (κ2) is 10.8. The minimum absolute atomic E-state index is 0.0743. The Bertz CT molecular complexity index is 972. The molecule has 1 atom stereocenters. The first-order valence-corrected chi connectivity index (χ1v) is 9.68. The Morgan fingerprint density at radius 3 is 2.19 bits per heavy atom. The molecule has 9 nitrogen and oxygen atoms in total. The van der Waals surface area contributed by atoms with Crippen molar-refractivity contribution < 1.29 is 24.3 Å². The van der Waals surface area contributed by atoms with Gasteiger partial charge in [-0.1, -0.05) is 6.07 Å². The first kappa shape index (κ1) is 23.4. The summed E-state index contributed by atoms with van der Waals surface area (Å²) in [4.78, 5) is 46.5. The van der Waals surface area contributed by atoms with Gasteiger partial charge < -0.3 is 26.8 Å². The number of aryl methyl sites for hydroxylation is 2. The summed E-state index contributed by atoms with van der Waals surface area (Å²) in [6.45, 7) is 4.08. The molecule has 2 aromatic carbocycles. The molecule has 0 saturated carbocycles. The van der Waals surface area contributed by atoms with Gasteiger partial charge in [-0.25, -0.2) is 4.79 Å². The maximum Gasteiger partial charge on any atom is 0.326 e. The Labute approximate surface area is 180 Å². The number of carbonyl (C=O) groups is 4. The number of carboxylic acid groups (broad SMARTS) is 1. The van der Waals surface area contributed by atoms with Crippen LogP contribution in [0, 0.1) is 13.8 Å². The van der Waals surface area contributed by atoms with Gasteiger partial charge in [-0.15, -0.1) is 0 Å². The average molecular weight is 426 g/mol. The van der Waals surface area contributed by atoms with Gasteiger partial charge in [0.05, 0.1) is 6.54 Å². The first-order chi connectivity index (χ1) is 14.7. The summed E-state index contributed by atoms with van der Waals surface area (Å²) in [5.74, 6) is -2.76. The third-order valence-electron chi connectivity index (χ3n) is 4.67. The molecular weight excluding hydrogens is 400 g/mol. The van der Waals surface area contributed by atoms with Crippen LogP contribution in [0.3, 0.4) is 0 Å². The van der Waals surface area contributed by atoms with Crippen molar-refractivity contribution in [1.29, 1.82) is 0 Å². The molecule has 0 spiro atoms. The molecule has 0 fully saturated rings. The summed E-state index contributed by atoms with van der Waals surface area (Å²) < 4.78 is 0. The minimum Gasteiger partial charge on any atom is -0.480 e. The third kappa shape index (κ3) is 7.46. The highest BCUT2D eigenvalue weighted by molar-refractivity contribution is 5.98. The number of hydrogen-bond donors (Lipinski definition) is 5. The molecule has 164 valence electrons. The highest BCUT2D eigenvalue weighted by atomic mass is 16.4. The molecule has 0 bridgehead atoms. The van der Waals surface area contributed by atoms with Crippen molar-refractivity contribution in [1.82, 2.24) is 5.32 Å². The largest absolute Gasteiger partial charge is 0.480 e. The van der Waals surface area contributed by atoms with Crippen LogP contribution in [0.15, 0.2) is 42.5 Å². The number of nitrogens with two attached hydrogens (primary N) is 1. The van der Waals surface area contributed by atoms with Crippen LogP contribution in [-0.4, -0.2) is 41.4 Å². The molecule has 6 N–H and O–H groups in total. The maximum absolute atomic E-state index is 12.3. The zero-order chi connectivity index (χ0) is 23.0. The van der Waals surface area contributed by atoms with Crippen LogP contribution in [-0.2, 0) is 14.4 Å². The van der Waals surface area contributed by atoms with Gasteiger partial charge in [0.25, 0.3) is 5.91 Å². The molecule has 0 aliphatic rings. The Hall–Kier alpha value is -3.88. The number of amides is 3. The van der Waals surface area contributed by atoms with E-state index in [9.17, 15) is 19.2 Å². The number of aliphatic carboxylic acids is 1. The number of hydrogen-bond acceptors (Lipinski definition) is 5. The lowest BCUT2D eigenvalue weighted by atomic mass is 10.1. The highest BCUT2D eigenvalue weighted by Crippen LogP contribution is 2.14. The summed E-state index contributed by atoms with van der Waals surface area (Å²) in [6.07, 6.45) is -0.254. The standard InChI is InChI=1S/C22H26N4O5/c1-13-3-6-17(11-14(13)2)24-12-20(28)25-16-7-4-15(5-8-16)21(29)26-18(22(30)31)9-10-19(23)27/h3-8,11,18,24H,9-10,12H2,1-2H3,(H2,23,27)(H,25,28)(H,26,29)(H,30,31). The Morgan fingerprint density at radius 1 is 0.968 bits per heavy atom. The van der Waals surface area contributed by atoms with Gasteiger partial charge in [0.15, 0.2) is 0 Å². The first-order valence-electron chi connectivity index (χ1n) is 9.68. The topological polar surface area (TPSA) is 151 Å². The molecule has 0 heterocycles. The quantitative estimate of drug-likeness (QED) is 0.391. The number of carbonyl (C=O) groups excluding carboxylic acids is 3. The molecule has 3 amide bonds. The number of nitrogens with one attached hydrogen (secondary N) is 3. The predicted octanol–water partition coefficient (Wildman–Crippen LogP) is 1.80. The lowest BCUT2D eigenvalue weighted by Crippen LogP contribution is -2.41. The van der Waals surface area contributed by atoms with E-state index in [2.05, 4.69) is 16.0 Å². The molecule has 2 aromatic rings. The smallest absolute Gasteiger partial charge is 0.326 e. The lowest BCUT2D eigenvalue weighted by molar-refractivity contribution is -0.139. The van der Waals surface area contributed by atoms with Gasteiger partial charge in [0, 0.05) is 23.4 Å². The van der Waals surface area contributed by atoms with E-state index in [4.69, 9.17) is 10.8 Å². The molecule has 31 heavy (non-hydrogen) atoms. The molecule has 9 heteroatoms. The van der Waals surface area contributed by atoms with Crippen LogP contribution in [0.4, 0.5) is 11.4 Å². The fourth-order valence-corrected chi connectivity index (χ4v) is 2.73. The summed E-state index contributed by atoms with van der Waals surface area (Å²) >= 11 is 0. The van der Waals surface area contributed by atoms with Gasteiger partial charge in [0.2, 0.25) is 11.8 Å². The molecule has 2 rings (SSSR count). The molecule has 0 saturated heterocycles. The Balaban J connectivity index is 1.89. The fourth-order valence-electron chi connectivity index (χ4n) is 2.73. The van der Waals surface area contributed by atoms with Gasteiger partial charge in [-0.3, -0.25) is 14.4 Å². The molecular formula is C22H26N4O5. The molecule has 0 aliphatic carbocycles. The lowest BCUT2D eigenvalue weighted by Gasteiger charge is -2.14. The normalized spacial score (nSPS) is 11.3. The van der Waals surface area contributed by atoms with Crippen molar-refractivity contribution in [2.75, 3.05) is 17.2 Å². The van der Waals surface area contributed by atoms with Crippen molar-refractivity contribution in [3.05, 3.63) is 59.2 Å². The van der Waals surface area contributed by atoms with Crippen molar-refractivity contribution in [3.8, 4) is 0 Å². The summed E-state index contributed by atoms with van der Waals surface area (Å²) in [7, 11) is 0. The monoisotopic (exact) mass is 426 g/mol. The molecule has 0 radical (unpaired) electrons. The Morgan fingerprint density at radius 2 is 1.61 bits per heavy atom.